The third kappa shape index (κ3) is 3.36. The van der Waals surface area contributed by atoms with Crippen LogP contribution in [0.3, 0.4) is 0 Å². The number of benzene rings is 2. The molecule has 1 fully saturated rings. The molecule has 0 aliphatic carbocycles. The number of nitrogens with zero attached hydrogens (tertiary/aromatic N) is 2. The summed E-state index contributed by atoms with van der Waals surface area (Å²) in [6, 6.07) is 15.8. The lowest BCUT2D eigenvalue weighted by atomic mass is 10.1. The van der Waals surface area contributed by atoms with E-state index in [2.05, 4.69) is 0 Å². The van der Waals surface area contributed by atoms with Gasteiger partial charge in [0.05, 0.1) is 25.2 Å². The number of aromatic nitrogens is 1. The first kappa shape index (κ1) is 19.5. The molecule has 154 valence electrons. The normalized spacial score (nSPS) is 16.0. The number of anilines is 1. The number of esters is 1. The highest BCUT2D eigenvalue weighted by atomic mass is 16.6. The number of fused-ring (bicyclic) bond motifs is 1. The van der Waals surface area contributed by atoms with Crippen LogP contribution in [0.4, 0.5) is 10.5 Å². The third-order valence-electron chi connectivity index (χ3n) is 4.95. The Balaban J connectivity index is 1.73. The molecule has 0 saturated carbocycles. The van der Waals surface area contributed by atoms with Gasteiger partial charge >= 0.3 is 12.1 Å². The highest BCUT2D eigenvalue weighted by Crippen LogP contribution is 2.28. The first-order valence-corrected chi connectivity index (χ1v) is 9.56. The van der Waals surface area contributed by atoms with E-state index < -0.39 is 35.0 Å². The fraction of sp³-hybridized carbons (Fsp3) is 0.227. The zero-order chi connectivity index (χ0) is 21.3. The summed E-state index contributed by atoms with van der Waals surface area (Å²) >= 11 is 0. The summed E-state index contributed by atoms with van der Waals surface area (Å²) in [6.07, 6.45) is -1.12. The van der Waals surface area contributed by atoms with Crippen molar-refractivity contribution in [1.82, 2.24) is 4.57 Å². The fourth-order valence-electron chi connectivity index (χ4n) is 3.60. The van der Waals surface area contributed by atoms with Crippen LogP contribution in [0.5, 0.6) is 5.75 Å². The van der Waals surface area contributed by atoms with Crippen LogP contribution in [-0.2, 0) is 16.0 Å². The molecule has 1 aromatic heterocycles. The van der Waals surface area contributed by atoms with E-state index >= 15 is 0 Å². The van der Waals surface area contributed by atoms with E-state index in [1.54, 1.807) is 43.3 Å². The minimum Gasteiger partial charge on any atom is -0.506 e. The molecule has 0 bridgehead atoms. The minimum atomic E-state index is -0.895. The van der Waals surface area contributed by atoms with Crippen molar-refractivity contribution in [3.63, 3.8) is 0 Å². The maximum atomic E-state index is 13.1. The molecule has 1 N–H and O–H groups in total. The highest BCUT2D eigenvalue weighted by molar-refractivity contribution is 5.99. The van der Waals surface area contributed by atoms with E-state index in [4.69, 9.17) is 9.47 Å². The first-order chi connectivity index (χ1) is 14.5. The largest absolute Gasteiger partial charge is 0.506 e. The number of para-hydroxylation sites is 2. The number of ether oxygens (including phenoxy) is 2. The highest BCUT2D eigenvalue weighted by Gasteiger charge is 2.34. The molecular formula is C22H20N2O6. The summed E-state index contributed by atoms with van der Waals surface area (Å²) in [5, 5.41) is 10.9. The number of hydrogen-bond acceptors (Lipinski definition) is 6. The monoisotopic (exact) mass is 408 g/mol. The summed E-state index contributed by atoms with van der Waals surface area (Å²) < 4.78 is 11.8. The number of pyridine rings is 1. The van der Waals surface area contributed by atoms with Gasteiger partial charge in [-0.3, -0.25) is 9.69 Å². The van der Waals surface area contributed by atoms with Gasteiger partial charge in [0.15, 0.2) is 5.56 Å². The number of amides is 1. The lowest BCUT2D eigenvalue weighted by Gasteiger charge is -2.17. The van der Waals surface area contributed by atoms with Crippen LogP contribution in [0.15, 0.2) is 59.4 Å². The van der Waals surface area contributed by atoms with Crippen LogP contribution in [0.1, 0.15) is 17.3 Å². The summed E-state index contributed by atoms with van der Waals surface area (Å²) in [6.45, 7) is 1.96. The average Bonchev–Trinajstić information content (AvgIpc) is 3.12. The molecule has 3 aromatic rings. The van der Waals surface area contributed by atoms with Crippen molar-refractivity contribution in [2.75, 3.05) is 18.1 Å². The number of hydrogen-bond donors (Lipinski definition) is 1. The predicted molar refractivity (Wildman–Crippen MR) is 110 cm³/mol. The fourth-order valence-corrected chi connectivity index (χ4v) is 3.60. The Hall–Kier alpha value is -3.81. The Morgan fingerprint density at radius 1 is 1.13 bits per heavy atom. The Kier molecular flexibility index (Phi) is 5.14. The van der Waals surface area contributed by atoms with Crippen LogP contribution in [-0.4, -0.2) is 41.0 Å². The molecule has 2 aromatic carbocycles. The Morgan fingerprint density at radius 2 is 1.83 bits per heavy atom. The van der Waals surface area contributed by atoms with Gasteiger partial charge in [0.25, 0.3) is 5.56 Å². The van der Waals surface area contributed by atoms with Gasteiger partial charge in [-0.15, -0.1) is 0 Å². The van der Waals surface area contributed by atoms with Crippen LogP contribution < -0.4 is 10.5 Å². The number of aromatic hydroxyl groups is 1. The van der Waals surface area contributed by atoms with Gasteiger partial charge in [0, 0.05) is 11.1 Å². The van der Waals surface area contributed by atoms with Crippen molar-refractivity contribution < 1.29 is 24.2 Å². The minimum absolute atomic E-state index is 0.0289. The summed E-state index contributed by atoms with van der Waals surface area (Å²) in [4.78, 5) is 39.2. The summed E-state index contributed by atoms with van der Waals surface area (Å²) in [5.41, 5.74) is 0.000955. The Labute approximate surface area is 171 Å². The second kappa shape index (κ2) is 7.90. The predicted octanol–water partition coefficient (Wildman–Crippen LogP) is 2.91. The smallest absolute Gasteiger partial charge is 0.414 e. The van der Waals surface area contributed by atoms with E-state index in [9.17, 15) is 19.5 Å². The van der Waals surface area contributed by atoms with Crippen molar-refractivity contribution in [3.8, 4) is 5.75 Å². The quantitative estimate of drug-likeness (QED) is 0.652. The molecule has 1 aliphatic rings. The first-order valence-electron chi connectivity index (χ1n) is 9.56. The molecule has 8 nitrogen and oxygen atoms in total. The Bertz CT molecular complexity index is 1170. The van der Waals surface area contributed by atoms with Crippen LogP contribution in [0.2, 0.25) is 0 Å². The van der Waals surface area contributed by atoms with Crippen molar-refractivity contribution in [1.29, 1.82) is 0 Å². The van der Waals surface area contributed by atoms with Gasteiger partial charge < -0.3 is 19.1 Å². The molecule has 1 saturated heterocycles. The molecule has 0 radical (unpaired) electrons. The lowest BCUT2D eigenvalue weighted by molar-refractivity contribution is 0.0519. The van der Waals surface area contributed by atoms with Crippen molar-refractivity contribution in [2.45, 2.75) is 19.6 Å². The second-order valence-electron chi connectivity index (χ2n) is 6.83. The third-order valence-corrected chi connectivity index (χ3v) is 4.95. The zero-order valence-electron chi connectivity index (χ0n) is 16.3. The number of carbonyl (C=O) groups excluding carboxylic acids is 2. The molecule has 2 heterocycles. The van der Waals surface area contributed by atoms with E-state index in [1.165, 1.54) is 9.47 Å². The van der Waals surface area contributed by atoms with Gasteiger partial charge in [0.2, 0.25) is 0 Å². The molecular weight excluding hydrogens is 388 g/mol. The second-order valence-corrected chi connectivity index (χ2v) is 6.83. The van der Waals surface area contributed by atoms with Gasteiger partial charge in [-0.1, -0.05) is 30.3 Å². The summed E-state index contributed by atoms with van der Waals surface area (Å²) in [5.74, 6) is -1.31. The maximum Gasteiger partial charge on any atom is 0.414 e. The maximum absolute atomic E-state index is 13.1. The van der Waals surface area contributed by atoms with Crippen LogP contribution >= 0.6 is 0 Å². The number of rotatable bonds is 5. The van der Waals surface area contributed by atoms with Crippen molar-refractivity contribution in [2.24, 2.45) is 0 Å². The van der Waals surface area contributed by atoms with E-state index in [-0.39, 0.29) is 19.7 Å². The van der Waals surface area contributed by atoms with Crippen molar-refractivity contribution >= 4 is 28.7 Å². The molecule has 1 aliphatic heterocycles. The number of carbonyl (C=O) groups is 2. The van der Waals surface area contributed by atoms with Gasteiger partial charge in [0.1, 0.15) is 11.9 Å². The molecule has 8 heteroatoms. The van der Waals surface area contributed by atoms with E-state index in [0.29, 0.717) is 16.6 Å². The van der Waals surface area contributed by atoms with Gasteiger partial charge in [-0.2, -0.15) is 0 Å². The molecule has 4 rings (SSSR count). The zero-order valence-corrected chi connectivity index (χ0v) is 16.3. The van der Waals surface area contributed by atoms with Crippen LogP contribution in [0, 0.1) is 0 Å². The number of cyclic esters (lactones) is 1. The molecule has 30 heavy (non-hydrogen) atoms. The van der Waals surface area contributed by atoms with E-state index in [0.717, 1.165) is 0 Å². The topological polar surface area (TPSA) is 98.1 Å². The van der Waals surface area contributed by atoms with Crippen molar-refractivity contribution in [3.05, 3.63) is 70.5 Å². The van der Waals surface area contributed by atoms with Crippen LogP contribution in [0.25, 0.3) is 10.9 Å². The SMILES string of the molecule is CCOC(=O)c1c(O)c2ccccc2n(CC2CN(c3ccccc3)C(=O)O2)c1=O. The summed E-state index contributed by atoms with van der Waals surface area (Å²) in [7, 11) is 0. The Morgan fingerprint density at radius 3 is 2.57 bits per heavy atom. The molecule has 0 spiro atoms. The average molecular weight is 408 g/mol. The molecule has 1 atom stereocenters. The lowest BCUT2D eigenvalue weighted by Crippen LogP contribution is -2.33. The molecule has 1 amide bonds. The van der Waals surface area contributed by atoms with Gasteiger partial charge in [-0.25, -0.2) is 9.59 Å². The van der Waals surface area contributed by atoms with E-state index in [1.807, 2.05) is 18.2 Å². The standard InChI is InChI=1S/C22H20N2O6/c1-2-29-21(27)18-19(25)16-10-6-7-11-17(16)24(20(18)26)13-15-12-23(22(28)30-15)14-8-4-3-5-9-14/h3-11,15,25H,2,12-13H2,1H3. The van der Waals surface area contributed by atoms with Gasteiger partial charge in [-0.05, 0) is 31.2 Å². The molecule has 1 unspecified atom stereocenters.